The van der Waals surface area contributed by atoms with Crippen molar-refractivity contribution in [3.8, 4) is 5.69 Å². The fourth-order valence-corrected chi connectivity index (χ4v) is 2.74. The highest BCUT2D eigenvalue weighted by Crippen LogP contribution is 2.14. The normalized spacial score (nSPS) is 10.6. The van der Waals surface area contributed by atoms with Crippen LogP contribution in [0.3, 0.4) is 0 Å². The van der Waals surface area contributed by atoms with Crippen LogP contribution in [0.15, 0.2) is 47.4 Å². The number of nitrogens with zero attached hydrogens (tertiary/aromatic N) is 2. The van der Waals surface area contributed by atoms with Gasteiger partial charge in [-0.05, 0) is 34.5 Å². The average molecular weight is 348 g/mol. The first-order valence-electron chi connectivity index (χ1n) is 7.13. The molecule has 5 nitrogen and oxygen atoms in total. The van der Waals surface area contributed by atoms with Gasteiger partial charge in [-0.2, -0.15) is 16.4 Å². The summed E-state index contributed by atoms with van der Waals surface area (Å²) in [4.78, 5) is 11.7. The second-order valence-electron chi connectivity index (χ2n) is 5.06. The quantitative estimate of drug-likeness (QED) is 0.744. The zero-order valence-corrected chi connectivity index (χ0v) is 13.3. The summed E-state index contributed by atoms with van der Waals surface area (Å²) in [5, 5.41) is 13.4. The van der Waals surface area contributed by atoms with Crippen LogP contribution in [0.4, 0.5) is 13.6 Å². The van der Waals surface area contributed by atoms with E-state index in [1.807, 2.05) is 16.8 Å². The van der Waals surface area contributed by atoms with Crippen molar-refractivity contribution in [2.75, 3.05) is 0 Å². The molecule has 1 aromatic carbocycles. The molecule has 124 valence electrons. The van der Waals surface area contributed by atoms with Crippen LogP contribution in [-0.2, 0) is 13.1 Å². The first kappa shape index (κ1) is 16.1. The number of carbonyl (C=O) groups is 1. The van der Waals surface area contributed by atoms with Gasteiger partial charge < -0.3 is 10.6 Å². The molecule has 0 radical (unpaired) electrons. The van der Waals surface area contributed by atoms with Crippen LogP contribution in [-0.4, -0.2) is 15.8 Å². The van der Waals surface area contributed by atoms with Gasteiger partial charge in [0.25, 0.3) is 0 Å². The molecular weight excluding hydrogens is 334 g/mol. The molecule has 2 N–H and O–H groups in total. The fourth-order valence-electron chi connectivity index (χ4n) is 2.07. The molecule has 24 heavy (non-hydrogen) atoms. The lowest BCUT2D eigenvalue weighted by atomic mass is 10.3. The van der Waals surface area contributed by atoms with Gasteiger partial charge in [-0.1, -0.05) is 0 Å². The van der Waals surface area contributed by atoms with Gasteiger partial charge in [0.1, 0.15) is 11.5 Å². The van der Waals surface area contributed by atoms with Gasteiger partial charge in [0.15, 0.2) is 5.82 Å². The lowest BCUT2D eigenvalue weighted by Gasteiger charge is -2.05. The third-order valence-electron chi connectivity index (χ3n) is 3.28. The van der Waals surface area contributed by atoms with Crippen molar-refractivity contribution in [2.45, 2.75) is 13.1 Å². The minimum Gasteiger partial charge on any atom is -0.334 e. The number of amides is 2. The summed E-state index contributed by atoms with van der Waals surface area (Å²) in [6.07, 6.45) is 3.09. The summed E-state index contributed by atoms with van der Waals surface area (Å²) in [6.45, 7) is 0.702. The molecule has 8 heteroatoms. The number of benzene rings is 1. The third-order valence-corrected chi connectivity index (χ3v) is 4.01. The van der Waals surface area contributed by atoms with Gasteiger partial charge in [-0.15, -0.1) is 0 Å². The van der Waals surface area contributed by atoms with Gasteiger partial charge >= 0.3 is 6.03 Å². The van der Waals surface area contributed by atoms with Crippen LogP contribution in [0.5, 0.6) is 0 Å². The molecule has 3 rings (SSSR count). The van der Waals surface area contributed by atoms with E-state index in [0.29, 0.717) is 12.1 Å². The Labute approximate surface area is 140 Å². The number of rotatable bonds is 5. The smallest absolute Gasteiger partial charge is 0.315 e. The van der Waals surface area contributed by atoms with Crippen molar-refractivity contribution >= 4 is 17.4 Å². The minimum absolute atomic E-state index is 0.143. The Morgan fingerprint density at radius 3 is 2.67 bits per heavy atom. The maximum Gasteiger partial charge on any atom is 0.315 e. The summed E-state index contributed by atoms with van der Waals surface area (Å²) in [6, 6.07) is 4.90. The summed E-state index contributed by atoms with van der Waals surface area (Å²) < 4.78 is 27.9. The summed E-state index contributed by atoms with van der Waals surface area (Å²) in [5.41, 5.74) is 1.88. The van der Waals surface area contributed by atoms with Crippen LogP contribution in [0.25, 0.3) is 5.69 Å². The highest BCUT2D eigenvalue weighted by molar-refractivity contribution is 7.07. The number of hydrogen-bond donors (Lipinski definition) is 2. The van der Waals surface area contributed by atoms with Gasteiger partial charge in [0.2, 0.25) is 0 Å². The number of aromatic nitrogens is 2. The monoisotopic (exact) mass is 348 g/mol. The molecule has 0 spiro atoms. The van der Waals surface area contributed by atoms with Crippen LogP contribution < -0.4 is 10.6 Å². The van der Waals surface area contributed by atoms with Crippen LogP contribution in [0.1, 0.15) is 11.1 Å². The molecule has 0 bridgehead atoms. The molecule has 3 aromatic rings. The number of nitrogens with one attached hydrogen (secondary N) is 2. The number of carbonyl (C=O) groups excluding carboxylic acids is 1. The molecule has 0 atom stereocenters. The van der Waals surface area contributed by atoms with Crippen LogP contribution in [0.2, 0.25) is 0 Å². The van der Waals surface area contributed by atoms with E-state index in [2.05, 4.69) is 15.7 Å². The van der Waals surface area contributed by atoms with Crippen LogP contribution in [0, 0.1) is 11.6 Å². The Hall–Kier alpha value is -2.74. The lowest BCUT2D eigenvalue weighted by Crippen LogP contribution is -2.34. The van der Waals surface area contributed by atoms with Crippen molar-refractivity contribution in [3.63, 3.8) is 0 Å². The second kappa shape index (κ2) is 7.22. The number of halogens is 2. The van der Waals surface area contributed by atoms with E-state index in [9.17, 15) is 13.6 Å². The van der Waals surface area contributed by atoms with Gasteiger partial charge in [0.05, 0.1) is 6.20 Å². The molecule has 0 fully saturated rings. The Kier molecular flexibility index (Phi) is 4.85. The van der Waals surface area contributed by atoms with E-state index < -0.39 is 11.6 Å². The van der Waals surface area contributed by atoms with Crippen LogP contribution >= 0.6 is 11.3 Å². The summed E-state index contributed by atoms with van der Waals surface area (Å²) >= 11 is 1.57. The lowest BCUT2D eigenvalue weighted by molar-refractivity contribution is 0.240. The number of thiophene rings is 1. The molecule has 0 saturated heterocycles. The number of urea groups is 1. The van der Waals surface area contributed by atoms with Gasteiger partial charge in [-0.25, -0.2) is 18.3 Å². The summed E-state index contributed by atoms with van der Waals surface area (Å²) in [5.74, 6) is -1.35. The van der Waals surface area contributed by atoms with Gasteiger partial charge in [-0.3, -0.25) is 0 Å². The second-order valence-corrected chi connectivity index (χ2v) is 5.84. The molecule has 2 aromatic heterocycles. The Morgan fingerprint density at radius 2 is 1.96 bits per heavy atom. The van der Waals surface area contributed by atoms with Crippen molar-refractivity contribution in [1.29, 1.82) is 0 Å². The zero-order valence-electron chi connectivity index (χ0n) is 12.5. The average Bonchev–Trinajstić information content (AvgIpc) is 3.22. The molecule has 2 amide bonds. The fraction of sp³-hybridized carbons (Fsp3) is 0.125. The molecule has 0 saturated carbocycles. The molecule has 2 heterocycles. The molecule has 0 aliphatic carbocycles. The zero-order chi connectivity index (χ0) is 16.9. The first-order valence-corrected chi connectivity index (χ1v) is 8.08. The molecule has 0 unspecified atom stereocenters. The Bertz CT molecular complexity index is 832. The minimum atomic E-state index is -0.703. The third kappa shape index (κ3) is 3.96. The first-order chi connectivity index (χ1) is 11.6. The summed E-state index contributed by atoms with van der Waals surface area (Å²) in [7, 11) is 0. The van der Waals surface area contributed by atoms with Crippen molar-refractivity contribution in [2.24, 2.45) is 0 Å². The Balaban J connectivity index is 1.55. The van der Waals surface area contributed by atoms with E-state index in [0.717, 1.165) is 17.7 Å². The standard InChI is InChI=1S/C16H14F2N4OS/c17-13-1-2-15(14(18)5-13)22-9-12(8-21-22)7-20-16(23)19-6-11-3-4-24-10-11/h1-5,8-10H,6-7H2,(H2,19,20,23). The highest BCUT2D eigenvalue weighted by Gasteiger charge is 2.08. The van der Waals surface area contributed by atoms with Crippen molar-refractivity contribution in [1.82, 2.24) is 20.4 Å². The van der Waals surface area contributed by atoms with E-state index in [4.69, 9.17) is 0 Å². The van der Waals surface area contributed by atoms with E-state index in [1.54, 1.807) is 17.5 Å². The molecule has 0 aliphatic rings. The van der Waals surface area contributed by atoms with Crippen molar-refractivity contribution in [3.05, 3.63) is 70.2 Å². The predicted octanol–water partition coefficient (Wildman–Crippen LogP) is 3.21. The maximum atomic E-state index is 13.7. The predicted molar refractivity (Wildman–Crippen MR) is 86.9 cm³/mol. The Morgan fingerprint density at radius 1 is 1.17 bits per heavy atom. The highest BCUT2D eigenvalue weighted by atomic mass is 32.1. The van der Waals surface area contributed by atoms with E-state index >= 15 is 0 Å². The maximum absolute atomic E-state index is 13.7. The molecule has 0 aliphatic heterocycles. The SMILES string of the molecule is O=C(NCc1ccsc1)NCc1cnn(-c2ccc(F)cc2F)c1. The van der Waals surface area contributed by atoms with E-state index in [-0.39, 0.29) is 18.3 Å². The topological polar surface area (TPSA) is 59.0 Å². The largest absolute Gasteiger partial charge is 0.334 e. The van der Waals surface area contributed by atoms with Crippen molar-refractivity contribution < 1.29 is 13.6 Å². The molecular formula is C16H14F2N4OS. The van der Waals surface area contributed by atoms with E-state index in [1.165, 1.54) is 16.9 Å². The number of hydrogen-bond acceptors (Lipinski definition) is 3. The van der Waals surface area contributed by atoms with Gasteiger partial charge in [0, 0.05) is 30.9 Å².